The molecule has 1 amide bonds. The molecule has 0 bridgehead atoms. The number of nitriles is 1. The number of halogens is 1. The van der Waals surface area contributed by atoms with Crippen molar-refractivity contribution in [1.29, 1.82) is 5.26 Å². The van der Waals surface area contributed by atoms with Crippen LogP contribution >= 0.6 is 15.9 Å². The van der Waals surface area contributed by atoms with E-state index in [2.05, 4.69) is 21.2 Å². The van der Waals surface area contributed by atoms with Gasteiger partial charge in [0.2, 0.25) is 0 Å². The first-order valence-corrected chi connectivity index (χ1v) is 9.19. The summed E-state index contributed by atoms with van der Waals surface area (Å²) in [5, 5.41) is 12.2. The van der Waals surface area contributed by atoms with Gasteiger partial charge in [-0.25, -0.2) is 0 Å². The van der Waals surface area contributed by atoms with Gasteiger partial charge in [0.25, 0.3) is 5.91 Å². The van der Waals surface area contributed by atoms with E-state index in [1.807, 2.05) is 45.0 Å². The van der Waals surface area contributed by atoms with E-state index in [0.29, 0.717) is 33.8 Å². The summed E-state index contributed by atoms with van der Waals surface area (Å²) in [7, 11) is 1.55. The van der Waals surface area contributed by atoms with Gasteiger partial charge in [-0.1, -0.05) is 6.07 Å². The molecule has 2 aromatic rings. The van der Waals surface area contributed by atoms with Crippen LogP contribution in [0, 0.1) is 25.2 Å². The number of methoxy groups -OCH3 is 1. The van der Waals surface area contributed by atoms with Gasteiger partial charge in [0.1, 0.15) is 11.6 Å². The van der Waals surface area contributed by atoms with Crippen LogP contribution < -0.4 is 14.8 Å². The van der Waals surface area contributed by atoms with Crippen LogP contribution in [0.15, 0.2) is 40.4 Å². The topological polar surface area (TPSA) is 71.3 Å². The Morgan fingerprint density at radius 3 is 2.59 bits per heavy atom. The van der Waals surface area contributed by atoms with Crippen LogP contribution in [0.5, 0.6) is 11.5 Å². The normalized spacial score (nSPS) is 10.9. The summed E-state index contributed by atoms with van der Waals surface area (Å²) in [6, 6.07) is 11.1. The molecule has 6 heteroatoms. The van der Waals surface area contributed by atoms with Gasteiger partial charge < -0.3 is 14.8 Å². The zero-order chi connectivity index (χ0) is 20.0. The minimum absolute atomic E-state index is 0.00672. The SMILES string of the molecule is CCOc1cc(/C=C(\C#N)C(=O)Nc2ccc(C)c(C)c2)cc(Br)c1OC. The van der Waals surface area contributed by atoms with Crippen molar-refractivity contribution in [2.45, 2.75) is 20.8 Å². The standard InChI is InChI=1S/C21H21BrN2O3/c1-5-27-19-11-15(10-18(22)20(19)26-4)9-16(12-23)21(25)24-17-7-6-13(2)14(3)8-17/h6-11H,5H2,1-4H3,(H,24,25)/b16-9+. The molecule has 0 saturated heterocycles. The summed E-state index contributed by atoms with van der Waals surface area (Å²) in [5.41, 5.74) is 3.49. The van der Waals surface area contributed by atoms with Crippen molar-refractivity contribution in [3.05, 3.63) is 57.1 Å². The third kappa shape index (κ3) is 5.11. The highest BCUT2D eigenvalue weighted by molar-refractivity contribution is 9.10. The Labute approximate surface area is 167 Å². The lowest BCUT2D eigenvalue weighted by Gasteiger charge is -2.12. The molecule has 0 aliphatic carbocycles. The zero-order valence-corrected chi connectivity index (χ0v) is 17.3. The van der Waals surface area contributed by atoms with Crippen LogP contribution in [0.2, 0.25) is 0 Å². The number of ether oxygens (including phenoxy) is 2. The Morgan fingerprint density at radius 2 is 2.00 bits per heavy atom. The average Bonchev–Trinajstić information content (AvgIpc) is 2.63. The number of rotatable bonds is 6. The number of benzene rings is 2. The van der Waals surface area contributed by atoms with E-state index >= 15 is 0 Å². The first kappa shape index (κ1) is 20.5. The minimum atomic E-state index is -0.467. The fraction of sp³-hybridized carbons (Fsp3) is 0.238. The Hall–Kier alpha value is -2.78. The van der Waals surface area contributed by atoms with Crippen LogP contribution in [0.4, 0.5) is 5.69 Å². The maximum atomic E-state index is 12.5. The van der Waals surface area contributed by atoms with Gasteiger partial charge in [0.05, 0.1) is 18.2 Å². The van der Waals surface area contributed by atoms with Gasteiger partial charge in [-0.2, -0.15) is 5.26 Å². The van der Waals surface area contributed by atoms with Crippen molar-refractivity contribution < 1.29 is 14.3 Å². The number of aryl methyl sites for hydroxylation is 2. The summed E-state index contributed by atoms with van der Waals surface area (Å²) < 4.78 is 11.6. The molecule has 0 aromatic heterocycles. The Balaban J connectivity index is 2.33. The Kier molecular flexibility index (Phi) is 7.03. The van der Waals surface area contributed by atoms with E-state index < -0.39 is 5.91 Å². The number of carbonyl (C=O) groups is 1. The number of nitrogens with zero attached hydrogens (tertiary/aromatic N) is 1. The van der Waals surface area contributed by atoms with Gasteiger partial charge in [-0.3, -0.25) is 4.79 Å². The fourth-order valence-corrected chi connectivity index (χ4v) is 3.09. The van der Waals surface area contributed by atoms with Gasteiger partial charge in [-0.15, -0.1) is 0 Å². The summed E-state index contributed by atoms with van der Waals surface area (Å²) in [6.07, 6.45) is 1.52. The molecule has 0 aliphatic rings. The van der Waals surface area contributed by atoms with Crippen LogP contribution in [0.25, 0.3) is 6.08 Å². The molecular weight excluding hydrogens is 408 g/mol. The van der Waals surface area contributed by atoms with Crippen molar-refractivity contribution in [3.63, 3.8) is 0 Å². The molecule has 2 rings (SSSR count). The second kappa shape index (κ2) is 9.24. The van der Waals surface area contributed by atoms with E-state index in [9.17, 15) is 10.1 Å². The van der Waals surface area contributed by atoms with E-state index in [1.54, 1.807) is 19.2 Å². The van der Waals surface area contributed by atoms with E-state index in [0.717, 1.165) is 11.1 Å². The van der Waals surface area contributed by atoms with E-state index in [1.165, 1.54) is 6.08 Å². The molecule has 27 heavy (non-hydrogen) atoms. The van der Waals surface area contributed by atoms with Crippen molar-refractivity contribution in [2.75, 3.05) is 19.0 Å². The molecule has 0 spiro atoms. The summed E-state index contributed by atoms with van der Waals surface area (Å²) in [5.74, 6) is 0.630. The summed E-state index contributed by atoms with van der Waals surface area (Å²) in [4.78, 5) is 12.5. The van der Waals surface area contributed by atoms with E-state index in [-0.39, 0.29) is 5.57 Å². The number of nitrogens with one attached hydrogen (secondary N) is 1. The number of amides is 1. The molecule has 0 saturated carbocycles. The molecule has 5 nitrogen and oxygen atoms in total. The zero-order valence-electron chi connectivity index (χ0n) is 15.7. The van der Waals surface area contributed by atoms with Crippen molar-refractivity contribution in [1.82, 2.24) is 0 Å². The lowest BCUT2D eigenvalue weighted by atomic mass is 10.1. The van der Waals surface area contributed by atoms with Gasteiger partial charge in [0.15, 0.2) is 11.5 Å². The predicted molar refractivity (Wildman–Crippen MR) is 110 cm³/mol. The average molecular weight is 429 g/mol. The molecule has 0 fully saturated rings. The first-order valence-electron chi connectivity index (χ1n) is 8.40. The number of carbonyl (C=O) groups excluding carboxylic acids is 1. The third-order valence-electron chi connectivity index (χ3n) is 3.98. The van der Waals surface area contributed by atoms with Gasteiger partial charge >= 0.3 is 0 Å². The Morgan fingerprint density at radius 1 is 1.26 bits per heavy atom. The van der Waals surface area contributed by atoms with Crippen molar-refractivity contribution in [3.8, 4) is 17.6 Å². The number of hydrogen-bond donors (Lipinski definition) is 1. The van der Waals surface area contributed by atoms with Crippen LogP contribution in [-0.4, -0.2) is 19.6 Å². The van der Waals surface area contributed by atoms with Crippen LogP contribution in [0.1, 0.15) is 23.6 Å². The van der Waals surface area contributed by atoms with Crippen molar-refractivity contribution in [2.24, 2.45) is 0 Å². The maximum Gasteiger partial charge on any atom is 0.266 e. The molecular formula is C21H21BrN2O3. The minimum Gasteiger partial charge on any atom is -0.492 e. The maximum absolute atomic E-state index is 12.5. The number of anilines is 1. The largest absolute Gasteiger partial charge is 0.492 e. The lowest BCUT2D eigenvalue weighted by molar-refractivity contribution is -0.112. The highest BCUT2D eigenvalue weighted by atomic mass is 79.9. The quantitative estimate of drug-likeness (QED) is 0.517. The summed E-state index contributed by atoms with van der Waals surface area (Å²) in [6.45, 7) is 6.30. The second-order valence-corrected chi connectivity index (χ2v) is 6.74. The molecule has 0 atom stereocenters. The molecule has 0 aliphatic heterocycles. The number of hydrogen-bond acceptors (Lipinski definition) is 4. The van der Waals surface area contributed by atoms with Gasteiger partial charge in [0, 0.05) is 5.69 Å². The molecule has 0 radical (unpaired) electrons. The molecule has 0 unspecified atom stereocenters. The highest BCUT2D eigenvalue weighted by Gasteiger charge is 2.14. The van der Waals surface area contributed by atoms with E-state index in [4.69, 9.17) is 9.47 Å². The molecule has 2 aromatic carbocycles. The Bertz CT molecular complexity index is 930. The second-order valence-electron chi connectivity index (χ2n) is 5.89. The predicted octanol–water partition coefficient (Wildman–Crippen LogP) is 5.02. The van der Waals surface area contributed by atoms with Crippen LogP contribution in [-0.2, 0) is 4.79 Å². The lowest BCUT2D eigenvalue weighted by Crippen LogP contribution is -2.13. The fourth-order valence-electron chi connectivity index (χ4n) is 2.47. The molecule has 0 heterocycles. The third-order valence-corrected chi connectivity index (χ3v) is 4.57. The monoisotopic (exact) mass is 428 g/mol. The smallest absolute Gasteiger partial charge is 0.266 e. The molecule has 1 N–H and O–H groups in total. The van der Waals surface area contributed by atoms with Crippen molar-refractivity contribution >= 4 is 33.6 Å². The van der Waals surface area contributed by atoms with Gasteiger partial charge in [-0.05, 0) is 83.7 Å². The summed E-state index contributed by atoms with van der Waals surface area (Å²) >= 11 is 3.43. The molecule has 140 valence electrons. The first-order chi connectivity index (χ1) is 12.9. The van der Waals surface area contributed by atoms with Crippen LogP contribution in [0.3, 0.4) is 0 Å². The highest BCUT2D eigenvalue weighted by Crippen LogP contribution is 2.37.